The highest BCUT2D eigenvalue weighted by molar-refractivity contribution is 5.85. The fraction of sp³-hybridized carbons (Fsp3) is 0.286. The lowest BCUT2D eigenvalue weighted by Gasteiger charge is -2.29. The molecule has 7 heteroatoms. The number of rotatable bonds is 2. The number of hydrogen-bond donors (Lipinski definition) is 1. The quantitative estimate of drug-likeness (QED) is 0.852. The van der Waals surface area contributed by atoms with Gasteiger partial charge in [0, 0.05) is 19.2 Å². The molecule has 0 bridgehead atoms. The summed E-state index contributed by atoms with van der Waals surface area (Å²) in [6, 6.07) is 5.04. The zero-order valence-corrected chi connectivity index (χ0v) is 10.9. The molecule has 21 heavy (non-hydrogen) atoms. The molecule has 112 valence electrons. The topological polar surface area (TPSA) is 57.6 Å². The number of benzene rings is 1. The molecule has 0 saturated carbocycles. The average Bonchev–Trinajstić information content (AvgIpc) is 2.42. The van der Waals surface area contributed by atoms with Crippen molar-refractivity contribution in [2.45, 2.75) is 19.1 Å². The maximum Gasteiger partial charge on any atom is 0.471 e. The van der Waals surface area contributed by atoms with Crippen molar-refractivity contribution >= 4 is 18.0 Å². The van der Waals surface area contributed by atoms with Crippen molar-refractivity contribution in [3.63, 3.8) is 0 Å². The van der Waals surface area contributed by atoms with E-state index in [1.54, 1.807) is 18.2 Å². The van der Waals surface area contributed by atoms with Crippen molar-refractivity contribution in [1.29, 1.82) is 0 Å². The standard InChI is InChI=1S/C14H12F3NO3/c15-14(16,17)13(21)18-6-5-10-3-1-9(2-4-12(19)20)7-11(10)8-18/h1-4,7H,5-6,8H2,(H,19,20)/b4-2+. The number of fused-ring (bicyclic) bond motifs is 1. The van der Waals surface area contributed by atoms with Gasteiger partial charge in [-0.1, -0.05) is 12.1 Å². The molecule has 0 saturated heterocycles. The van der Waals surface area contributed by atoms with E-state index in [1.807, 2.05) is 0 Å². The second-order valence-corrected chi connectivity index (χ2v) is 4.67. The van der Waals surface area contributed by atoms with Crippen LogP contribution in [0.5, 0.6) is 0 Å². The van der Waals surface area contributed by atoms with Crippen LogP contribution in [0.1, 0.15) is 16.7 Å². The molecule has 1 amide bonds. The number of aliphatic carboxylic acids is 1. The highest BCUT2D eigenvalue weighted by Crippen LogP contribution is 2.25. The second kappa shape index (κ2) is 5.59. The summed E-state index contributed by atoms with van der Waals surface area (Å²) < 4.78 is 37.3. The number of carboxylic acids is 1. The molecule has 1 aromatic rings. The first kappa shape index (κ1) is 15.1. The highest BCUT2D eigenvalue weighted by atomic mass is 19.4. The lowest BCUT2D eigenvalue weighted by molar-refractivity contribution is -0.186. The van der Waals surface area contributed by atoms with Crippen molar-refractivity contribution in [3.8, 4) is 0 Å². The molecule has 2 rings (SSSR count). The Hall–Kier alpha value is -2.31. The normalized spacial score (nSPS) is 15.1. The molecule has 4 nitrogen and oxygen atoms in total. The van der Waals surface area contributed by atoms with Crippen molar-refractivity contribution in [2.75, 3.05) is 6.54 Å². The van der Waals surface area contributed by atoms with Gasteiger partial charge >= 0.3 is 18.1 Å². The van der Waals surface area contributed by atoms with Crippen molar-refractivity contribution < 1.29 is 27.9 Å². The smallest absolute Gasteiger partial charge is 0.471 e. The number of carboxylic acid groups (broad SMARTS) is 1. The van der Waals surface area contributed by atoms with Crippen LogP contribution in [0.2, 0.25) is 0 Å². The van der Waals surface area contributed by atoms with Gasteiger partial charge in [0.05, 0.1) is 0 Å². The highest BCUT2D eigenvalue weighted by Gasteiger charge is 2.43. The number of amides is 1. The Labute approximate surface area is 118 Å². The Morgan fingerprint density at radius 3 is 2.57 bits per heavy atom. The van der Waals surface area contributed by atoms with E-state index in [2.05, 4.69) is 0 Å². The number of carbonyl (C=O) groups excluding carboxylic acids is 1. The summed E-state index contributed by atoms with van der Waals surface area (Å²) in [6.45, 7) is -0.0991. The van der Waals surface area contributed by atoms with Crippen LogP contribution in [0.25, 0.3) is 6.08 Å². The van der Waals surface area contributed by atoms with Crippen LogP contribution in [0.15, 0.2) is 24.3 Å². The van der Waals surface area contributed by atoms with Crippen LogP contribution in [0, 0.1) is 0 Å². The zero-order valence-electron chi connectivity index (χ0n) is 10.9. The van der Waals surface area contributed by atoms with Gasteiger partial charge in [0.2, 0.25) is 0 Å². The van der Waals surface area contributed by atoms with E-state index in [4.69, 9.17) is 5.11 Å². The average molecular weight is 299 g/mol. The Morgan fingerprint density at radius 2 is 1.95 bits per heavy atom. The minimum Gasteiger partial charge on any atom is -0.478 e. The Bertz CT molecular complexity index is 608. The van der Waals surface area contributed by atoms with Gasteiger partial charge in [-0.25, -0.2) is 4.79 Å². The van der Waals surface area contributed by atoms with Gasteiger partial charge in [-0.2, -0.15) is 13.2 Å². The predicted molar refractivity (Wildman–Crippen MR) is 68.3 cm³/mol. The van der Waals surface area contributed by atoms with Gasteiger partial charge in [-0.15, -0.1) is 0 Å². The molecular weight excluding hydrogens is 287 g/mol. The molecule has 0 fully saturated rings. The van der Waals surface area contributed by atoms with Gasteiger partial charge in [-0.3, -0.25) is 4.79 Å². The third-order valence-electron chi connectivity index (χ3n) is 3.19. The molecule has 0 aliphatic carbocycles. The molecule has 0 aromatic heterocycles. The van der Waals surface area contributed by atoms with E-state index < -0.39 is 18.1 Å². The number of halogens is 3. The fourth-order valence-electron chi connectivity index (χ4n) is 2.20. The zero-order chi connectivity index (χ0) is 15.6. The van der Waals surface area contributed by atoms with Crippen molar-refractivity contribution in [3.05, 3.63) is 41.0 Å². The number of alkyl halides is 3. The summed E-state index contributed by atoms with van der Waals surface area (Å²) in [6.07, 6.45) is -2.23. The molecule has 1 aromatic carbocycles. The first-order chi connectivity index (χ1) is 9.77. The van der Waals surface area contributed by atoms with Crippen LogP contribution in [0.3, 0.4) is 0 Å². The monoisotopic (exact) mass is 299 g/mol. The van der Waals surface area contributed by atoms with Gasteiger partial charge in [0.1, 0.15) is 0 Å². The summed E-state index contributed by atoms with van der Waals surface area (Å²) in [7, 11) is 0. The predicted octanol–water partition coefficient (Wildman–Crippen LogP) is 2.23. The molecular formula is C14H12F3NO3. The minimum atomic E-state index is -4.88. The maximum absolute atomic E-state index is 12.4. The van der Waals surface area contributed by atoms with E-state index in [-0.39, 0.29) is 13.1 Å². The van der Waals surface area contributed by atoms with Crippen molar-refractivity contribution in [2.24, 2.45) is 0 Å². The largest absolute Gasteiger partial charge is 0.478 e. The lowest BCUT2D eigenvalue weighted by Crippen LogP contribution is -2.43. The van der Waals surface area contributed by atoms with Crippen LogP contribution in [0.4, 0.5) is 13.2 Å². The molecule has 1 N–H and O–H groups in total. The van der Waals surface area contributed by atoms with E-state index >= 15 is 0 Å². The lowest BCUT2D eigenvalue weighted by atomic mass is 9.97. The summed E-state index contributed by atoms with van der Waals surface area (Å²) in [5.41, 5.74) is 2.04. The van der Waals surface area contributed by atoms with Gasteiger partial charge < -0.3 is 10.0 Å². The number of nitrogens with zero attached hydrogens (tertiary/aromatic N) is 1. The van der Waals surface area contributed by atoms with Crippen LogP contribution in [-0.2, 0) is 22.6 Å². The van der Waals surface area contributed by atoms with E-state index in [0.29, 0.717) is 17.5 Å². The molecule has 1 aliphatic heterocycles. The third kappa shape index (κ3) is 3.62. The Balaban J connectivity index is 2.21. The molecule has 1 aliphatic rings. The Kier molecular flexibility index (Phi) is 4.02. The van der Waals surface area contributed by atoms with E-state index in [1.165, 1.54) is 6.08 Å². The molecule has 0 atom stereocenters. The summed E-state index contributed by atoms with van der Waals surface area (Å²) in [5.74, 6) is -2.96. The van der Waals surface area contributed by atoms with E-state index in [9.17, 15) is 22.8 Å². The molecule has 0 radical (unpaired) electrons. The third-order valence-corrected chi connectivity index (χ3v) is 3.19. The van der Waals surface area contributed by atoms with Crippen LogP contribution in [-0.4, -0.2) is 34.6 Å². The maximum atomic E-state index is 12.4. The fourth-order valence-corrected chi connectivity index (χ4v) is 2.20. The van der Waals surface area contributed by atoms with E-state index in [0.717, 1.165) is 16.5 Å². The minimum absolute atomic E-state index is 0.0235. The summed E-state index contributed by atoms with van der Waals surface area (Å²) in [5, 5.41) is 8.55. The van der Waals surface area contributed by atoms with Crippen molar-refractivity contribution in [1.82, 2.24) is 4.90 Å². The Morgan fingerprint density at radius 1 is 1.24 bits per heavy atom. The summed E-state index contributed by atoms with van der Waals surface area (Å²) >= 11 is 0. The van der Waals surface area contributed by atoms with Gasteiger partial charge in [0.15, 0.2) is 0 Å². The van der Waals surface area contributed by atoms with Gasteiger partial charge in [-0.05, 0) is 35.3 Å². The first-order valence-electron chi connectivity index (χ1n) is 6.16. The van der Waals surface area contributed by atoms with Crippen LogP contribution < -0.4 is 0 Å². The molecule has 1 heterocycles. The SMILES string of the molecule is O=C(O)/C=C/c1ccc2c(c1)CN(C(=O)C(F)(F)F)CC2. The summed E-state index contributed by atoms with van der Waals surface area (Å²) in [4.78, 5) is 22.4. The van der Waals surface area contributed by atoms with Crippen LogP contribution >= 0.6 is 0 Å². The van der Waals surface area contributed by atoms with Gasteiger partial charge in [0.25, 0.3) is 0 Å². The number of carbonyl (C=O) groups is 2. The molecule has 0 spiro atoms. The molecule has 0 unspecified atom stereocenters. The first-order valence-corrected chi connectivity index (χ1v) is 6.16. The second-order valence-electron chi connectivity index (χ2n) is 4.67. The number of hydrogen-bond acceptors (Lipinski definition) is 2.